The van der Waals surface area contributed by atoms with Gasteiger partial charge in [-0.05, 0) is 46.6 Å². The van der Waals surface area contributed by atoms with E-state index in [2.05, 4.69) is 31.2 Å². The quantitative estimate of drug-likeness (QED) is 0.453. The molecule has 0 saturated heterocycles. The van der Waals surface area contributed by atoms with Crippen LogP contribution in [-0.4, -0.2) is 49.6 Å². The first-order chi connectivity index (χ1) is 14.5. The third-order valence-electron chi connectivity index (χ3n) is 6.01. The van der Waals surface area contributed by atoms with Gasteiger partial charge in [0.05, 0.1) is 11.4 Å². The fraction of sp³-hybridized carbons (Fsp3) is 0.400. The highest BCUT2D eigenvalue weighted by molar-refractivity contribution is 9.10. The van der Waals surface area contributed by atoms with Crippen LogP contribution in [0.15, 0.2) is 29.1 Å². The number of nitrogens with one attached hydrogen (secondary N) is 1. The van der Waals surface area contributed by atoms with Gasteiger partial charge >= 0.3 is 0 Å². The summed E-state index contributed by atoms with van der Waals surface area (Å²) in [7, 11) is 0. The highest BCUT2D eigenvalue weighted by Gasteiger charge is 2.45. The number of aliphatic hydroxyl groups is 2. The molecule has 4 atom stereocenters. The van der Waals surface area contributed by atoms with Crippen molar-refractivity contribution in [1.29, 1.82) is 0 Å². The van der Waals surface area contributed by atoms with E-state index in [9.17, 15) is 14.6 Å². The lowest BCUT2D eigenvalue weighted by molar-refractivity contribution is -0.0166. The predicted molar refractivity (Wildman–Crippen MR) is 112 cm³/mol. The number of benzene rings is 1. The van der Waals surface area contributed by atoms with E-state index in [1.54, 1.807) is 16.8 Å². The molecule has 1 fully saturated rings. The van der Waals surface area contributed by atoms with Crippen molar-refractivity contribution in [2.75, 3.05) is 12.3 Å². The maximum absolute atomic E-state index is 14.2. The fourth-order valence-electron chi connectivity index (χ4n) is 4.48. The Morgan fingerprint density at radius 1 is 1.23 bits per heavy atom. The smallest absolute Gasteiger partial charge is 0.147 e. The van der Waals surface area contributed by atoms with Gasteiger partial charge in [0.25, 0.3) is 0 Å². The lowest BCUT2D eigenvalue weighted by Gasteiger charge is -2.24. The molecule has 2 aliphatic rings. The van der Waals surface area contributed by atoms with Crippen molar-refractivity contribution in [3.8, 4) is 5.75 Å². The molecule has 158 valence electrons. The summed E-state index contributed by atoms with van der Waals surface area (Å²) in [6.45, 7) is 1.21. The van der Waals surface area contributed by atoms with Crippen LogP contribution in [0, 0.1) is 5.82 Å². The van der Waals surface area contributed by atoms with Gasteiger partial charge in [-0.25, -0.2) is 14.4 Å². The lowest BCUT2D eigenvalue weighted by atomic mass is 9.99. The van der Waals surface area contributed by atoms with Crippen LogP contribution >= 0.6 is 15.9 Å². The first-order valence-electron chi connectivity index (χ1n) is 9.76. The zero-order valence-corrected chi connectivity index (χ0v) is 17.5. The SMILES string of the molecule is Nc1ncnc2c1c(Br)cn2[C@@H]1C[C@H](Oc2ccc(F)c3c2CNCC3)[C@@H](O)[C@H]1O. The molecule has 1 saturated carbocycles. The molecule has 8 nitrogen and oxygen atoms in total. The number of hydrogen-bond donors (Lipinski definition) is 4. The predicted octanol–water partition coefficient (Wildman–Crippen LogP) is 1.67. The Morgan fingerprint density at radius 3 is 2.90 bits per heavy atom. The van der Waals surface area contributed by atoms with Crippen LogP contribution < -0.4 is 15.8 Å². The molecule has 1 aromatic carbocycles. The van der Waals surface area contributed by atoms with Gasteiger partial charge in [-0.3, -0.25) is 0 Å². The second kappa shape index (κ2) is 7.45. The first kappa shape index (κ1) is 19.7. The van der Waals surface area contributed by atoms with Crippen LogP contribution in [0.5, 0.6) is 5.75 Å². The number of anilines is 1. The monoisotopic (exact) mass is 477 g/mol. The fourth-order valence-corrected chi connectivity index (χ4v) is 5.08. The number of ether oxygens (including phenoxy) is 1. The van der Waals surface area contributed by atoms with Gasteiger partial charge in [-0.1, -0.05) is 0 Å². The number of nitrogens with zero attached hydrogens (tertiary/aromatic N) is 3. The second-order valence-electron chi connectivity index (χ2n) is 7.71. The number of halogens is 2. The Hall–Kier alpha value is -2.27. The minimum absolute atomic E-state index is 0.246. The zero-order valence-electron chi connectivity index (χ0n) is 15.9. The summed E-state index contributed by atoms with van der Waals surface area (Å²) in [4.78, 5) is 8.31. The molecule has 5 rings (SSSR count). The molecule has 3 aromatic rings. The highest BCUT2D eigenvalue weighted by atomic mass is 79.9. The van der Waals surface area contributed by atoms with Gasteiger partial charge in [-0.2, -0.15) is 0 Å². The Balaban J connectivity index is 1.46. The molecule has 5 N–H and O–H groups in total. The van der Waals surface area contributed by atoms with E-state index in [1.807, 2.05) is 0 Å². The molecule has 0 radical (unpaired) electrons. The van der Waals surface area contributed by atoms with Crippen LogP contribution in [-0.2, 0) is 13.0 Å². The standard InChI is InChI=1S/C20H21BrFN5O3/c21-11-7-27(20-16(11)19(23)25-8-26-20)13-5-15(18(29)17(13)28)30-14-2-1-12(22)9-3-4-24-6-10(9)14/h1-2,7-8,13,15,17-18,24,28-29H,3-6H2,(H2,23,25,26)/t13-,15+,17+,18-/m1/s1. The van der Waals surface area contributed by atoms with Crippen molar-refractivity contribution in [2.24, 2.45) is 0 Å². The third-order valence-corrected chi connectivity index (χ3v) is 6.61. The number of hydrogen-bond acceptors (Lipinski definition) is 7. The van der Waals surface area contributed by atoms with Crippen molar-refractivity contribution < 1.29 is 19.3 Å². The summed E-state index contributed by atoms with van der Waals surface area (Å²) in [5.41, 5.74) is 7.94. The maximum atomic E-state index is 14.2. The van der Waals surface area contributed by atoms with Gasteiger partial charge in [0.2, 0.25) is 0 Å². The van der Waals surface area contributed by atoms with E-state index in [4.69, 9.17) is 10.5 Å². The minimum atomic E-state index is -1.11. The highest BCUT2D eigenvalue weighted by Crippen LogP contribution is 2.39. The van der Waals surface area contributed by atoms with Crippen LogP contribution in [0.4, 0.5) is 10.2 Å². The Bertz CT molecular complexity index is 1120. The molecule has 30 heavy (non-hydrogen) atoms. The molecule has 1 aliphatic heterocycles. The normalized spacial score (nSPS) is 26.1. The van der Waals surface area contributed by atoms with Crippen molar-refractivity contribution in [3.63, 3.8) is 0 Å². The number of fused-ring (bicyclic) bond motifs is 2. The van der Waals surface area contributed by atoms with Crippen molar-refractivity contribution in [1.82, 2.24) is 19.9 Å². The van der Waals surface area contributed by atoms with Crippen LogP contribution in [0.25, 0.3) is 11.0 Å². The maximum Gasteiger partial charge on any atom is 0.147 e. The zero-order chi connectivity index (χ0) is 21.0. The number of aliphatic hydroxyl groups excluding tert-OH is 2. The number of aromatic nitrogens is 3. The number of nitrogens with two attached hydrogens (primary N) is 1. The molecule has 2 aromatic heterocycles. The molecule has 3 heterocycles. The van der Waals surface area contributed by atoms with Crippen LogP contribution in [0.2, 0.25) is 0 Å². The summed E-state index contributed by atoms with van der Waals surface area (Å²) in [5, 5.41) is 25.3. The molecular formula is C20H21BrFN5O3. The minimum Gasteiger partial charge on any atom is -0.487 e. The molecule has 0 amide bonds. The third kappa shape index (κ3) is 3.06. The summed E-state index contributed by atoms with van der Waals surface area (Å²) in [6.07, 6.45) is 1.25. The Morgan fingerprint density at radius 2 is 2.07 bits per heavy atom. The average Bonchev–Trinajstić information content (AvgIpc) is 3.22. The Kier molecular flexibility index (Phi) is 4.89. The van der Waals surface area contributed by atoms with Gasteiger partial charge in [0, 0.05) is 29.2 Å². The molecule has 0 bridgehead atoms. The van der Waals surface area contributed by atoms with Gasteiger partial charge in [0.1, 0.15) is 47.7 Å². The summed E-state index contributed by atoms with van der Waals surface area (Å²) < 4.78 is 22.8. The molecule has 1 aliphatic carbocycles. The average molecular weight is 478 g/mol. The second-order valence-corrected chi connectivity index (χ2v) is 8.57. The summed E-state index contributed by atoms with van der Waals surface area (Å²) >= 11 is 3.47. The molecule has 10 heteroatoms. The van der Waals surface area contributed by atoms with Crippen molar-refractivity contribution >= 4 is 32.8 Å². The molecular weight excluding hydrogens is 457 g/mol. The largest absolute Gasteiger partial charge is 0.487 e. The van der Waals surface area contributed by atoms with E-state index in [0.717, 1.165) is 5.56 Å². The van der Waals surface area contributed by atoms with Gasteiger partial charge in [0.15, 0.2) is 0 Å². The topological polar surface area (TPSA) is 118 Å². The van der Waals surface area contributed by atoms with E-state index in [1.165, 1.54) is 12.4 Å². The van der Waals surface area contributed by atoms with Gasteiger partial charge < -0.3 is 30.6 Å². The van der Waals surface area contributed by atoms with E-state index in [0.29, 0.717) is 58.6 Å². The van der Waals surface area contributed by atoms with Crippen LogP contribution in [0.3, 0.4) is 0 Å². The van der Waals surface area contributed by atoms with E-state index < -0.39 is 24.4 Å². The van der Waals surface area contributed by atoms with E-state index >= 15 is 0 Å². The van der Waals surface area contributed by atoms with Crippen molar-refractivity contribution in [2.45, 2.75) is 43.7 Å². The lowest BCUT2D eigenvalue weighted by Crippen LogP contribution is -2.35. The summed E-state index contributed by atoms with van der Waals surface area (Å²) in [6, 6.07) is 2.51. The Labute approximate surface area is 180 Å². The first-order valence-corrected chi connectivity index (χ1v) is 10.5. The summed E-state index contributed by atoms with van der Waals surface area (Å²) in [5.74, 6) is 0.613. The van der Waals surface area contributed by atoms with Crippen molar-refractivity contribution in [3.05, 3.63) is 46.1 Å². The van der Waals surface area contributed by atoms with Gasteiger partial charge in [-0.15, -0.1) is 0 Å². The number of rotatable bonds is 3. The van der Waals surface area contributed by atoms with E-state index in [-0.39, 0.29) is 5.82 Å². The van der Waals surface area contributed by atoms with Crippen LogP contribution in [0.1, 0.15) is 23.6 Å². The molecule has 0 unspecified atom stereocenters. The molecule has 0 spiro atoms. The number of nitrogen functional groups attached to an aromatic ring is 1.